The third-order valence-electron chi connectivity index (χ3n) is 2.27. The molecule has 0 saturated carbocycles. The number of anilines is 1. The lowest BCUT2D eigenvalue weighted by molar-refractivity contribution is -0.116. The highest BCUT2D eigenvalue weighted by Crippen LogP contribution is 2.27. The molecule has 0 aliphatic carbocycles. The van der Waals surface area contributed by atoms with Crippen molar-refractivity contribution < 1.29 is 17.9 Å². The van der Waals surface area contributed by atoms with E-state index in [4.69, 9.17) is 16.3 Å². The van der Waals surface area contributed by atoms with Crippen LogP contribution in [0.2, 0.25) is 0 Å². The Hall–Kier alpha value is -2.04. The smallest absolute Gasteiger partial charge is 0.238 e. The van der Waals surface area contributed by atoms with Gasteiger partial charge in [-0.1, -0.05) is 0 Å². The SMILES string of the molecule is C#CCCC(=O)Nc1cc(S(N)(=O)=O)ccc1OC. The quantitative estimate of drug-likeness (QED) is 0.776. The van der Waals surface area contributed by atoms with E-state index in [9.17, 15) is 13.2 Å². The summed E-state index contributed by atoms with van der Waals surface area (Å²) in [4.78, 5) is 11.4. The highest BCUT2D eigenvalue weighted by Gasteiger charge is 2.13. The molecule has 1 rings (SSSR count). The van der Waals surface area contributed by atoms with Crippen molar-refractivity contribution in [3.63, 3.8) is 0 Å². The molecule has 19 heavy (non-hydrogen) atoms. The molecule has 1 aromatic rings. The summed E-state index contributed by atoms with van der Waals surface area (Å²) in [6.07, 6.45) is 5.49. The van der Waals surface area contributed by atoms with Gasteiger partial charge in [0.05, 0.1) is 17.7 Å². The van der Waals surface area contributed by atoms with Crippen LogP contribution in [-0.4, -0.2) is 21.4 Å². The number of sulfonamides is 1. The van der Waals surface area contributed by atoms with Crippen LogP contribution >= 0.6 is 0 Å². The highest BCUT2D eigenvalue weighted by molar-refractivity contribution is 7.89. The molecule has 0 bridgehead atoms. The molecule has 0 heterocycles. The second-order valence-corrected chi connectivity index (χ2v) is 5.22. The number of amides is 1. The molecular formula is C12H14N2O4S. The predicted molar refractivity (Wildman–Crippen MR) is 71.1 cm³/mol. The second kappa shape index (κ2) is 6.22. The summed E-state index contributed by atoms with van der Waals surface area (Å²) >= 11 is 0. The Morgan fingerprint density at radius 2 is 2.21 bits per heavy atom. The lowest BCUT2D eigenvalue weighted by Crippen LogP contribution is -2.15. The number of nitrogens with one attached hydrogen (secondary N) is 1. The standard InChI is InChI=1S/C12H14N2O4S/c1-3-4-5-12(15)14-10-8-9(19(13,16)17)6-7-11(10)18-2/h1,6-8H,4-5H2,2H3,(H,14,15)(H2,13,16,17). The molecule has 6 nitrogen and oxygen atoms in total. The lowest BCUT2D eigenvalue weighted by Gasteiger charge is -2.11. The van der Waals surface area contributed by atoms with Crippen LogP contribution in [0.1, 0.15) is 12.8 Å². The molecule has 3 N–H and O–H groups in total. The Labute approximate surface area is 112 Å². The van der Waals surface area contributed by atoms with Crippen LogP contribution in [0.25, 0.3) is 0 Å². The van der Waals surface area contributed by atoms with E-state index < -0.39 is 10.0 Å². The van der Waals surface area contributed by atoms with Gasteiger partial charge in [0.25, 0.3) is 0 Å². The fraction of sp³-hybridized carbons (Fsp3) is 0.250. The van der Waals surface area contributed by atoms with Gasteiger partial charge < -0.3 is 10.1 Å². The number of methoxy groups -OCH3 is 1. The molecule has 0 aliphatic rings. The molecule has 0 spiro atoms. The van der Waals surface area contributed by atoms with E-state index in [1.165, 1.54) is 25.3 Å². The van der Waals surface area contributed by atoms with Gasteiger partial charge in [-0.3, -0.25) is 4.79 Å². The number of carbonyl (C=O) groups is 1. The van der Waals surface area contributed by atoms with Crippen molar-refractivity contribution in [3.8, 4) is 18.1 Å². The molecular weight excluding hydrogens is 268 g/mol. The molecule has 1 amide bonds. The largest absolute Gasteiger partial charge is 0.495 e. The predicted octanol–water partition coefficient (Wildman–Crippen LogP) is 0.695. The fourth-order valence-electron chi connectivity index (χ4n) is 1.36. The molecule has 102 valence electrons. The van der Waals surface area contributed by atoms with E-state index in [-0.39, 0.29) is 22.9 Å². The molecule has 1 aromatic carbocycles. The van der Waals surface area contributed by atoms with Gasteiger partial charge in [0, 0.05) is 12.8 Å². The zero-order valence-corrected chi connectivity index (χ0v) is 11.2. The zero-order valence-electron chi connectivity index (χ0n) is 10.3. The number of hydrogen-bond acceptors (Lipinski definition) is 4. The Balaban J connectivity index is 3.04. The van der Waals surface area contributed by atoms with Gasteiger partial charge in [0.2, 0.25) is 15.9 Å². The summed E-state index contributed by atoms with van der Waals surface area (Å²) < 4.78 is 27.5. The van der Waals surface area contributed by atoms with Gasteiger partial charge in [-0.25, -0.2) is 13.6 Å². The number of terminal acetylenes is 1. The van der Waals surface area contributed by atoms with E-state index in [1.807, 2.05) is 0 Å². The lowest BCUT2D eigenvalue weighted by atomic mass is 10.2. The van der Waals surface area contributed by atoms with Crippen LogP contribution in [-0.2, 0) is 14.8 Å². The maximum atomic E-state index is 11.6. The van der Waals surface area contributed by atoms with Gasteiger partial charge in [-0.15, -0.1) is 12.3 Å². The average molecular weight is 282 g/mol. The van der Waals surface area contributed by atoms with E-state index in [2.05, 4.69) is 11.2 Å². The van der Waals surface area contributed by atoms with Gasteiger partial charge in [0.15, 0.2) is 0 Å². The molecule has 0 saturated heterocycles. The number of nitrogens with two attached hydrogens (primary N) is 1. The van der Waals surface area contributed by atoms with Crippen molar-refractivity contribution in [2.24, 2.45) is 5.14 Å². The van der Waals surface area contributed by atoms with Crippen LogP contribution in [0.3, 0.4) is 0 Å². The van der Waals surface area contributed by atoms with Crippen molar-refractivity contribution >= 4 is 21.6 Å². The molecule has 0 radical (unpaired) electrons. The maximum Gasteiger partial charge on any atom is 0.238 e. The Kier molecular flexibility index (Phi) is 4.92. The van der Waals surface area contributed by atoms with Crippen molar-refractivity contribution in [3.05, 3.63) is 18.2 Å². The minimum atomic E-state index is -3.84. The van der Waals surface area contributed by atoms with E-state index >= 15 is 0 Å². The summed E-state index contributed by atoms with van der Waals surface area (Å²) in [5.41, 5.74) is 0.232. The second-order valence-electron chi connectivity index (χ2n) is 3.66. The Bertz CT molecular complexity index is 617. The van der Waals surface area contributed by atoms with Crippen molar-refractivity contribution in [1.82, 2.24) is 0 Å². The van der Waals surface area contributed by atoms with E-state index in [1.54, 1.807) is 0 Å². The number of rotatable bonds is 5. The molecule has 0 aliphatic heterocycles. The Morgan fingerprint density at radius 3 is 2.74 bits per heavy atom. The molecule has 7 heteroatoms. The van der Waals surface area contributed by atoms with Crippen LogP contribution in [0, 0.1) is 12.3 Å². The van der Waals surface area contributed by atoms with Crippen molar-refractivity contribution in [2.45, 2.75) is 17.7 Å². The summed E-state index contributed by atoms with van der Waals surface area (Å²) in [7, 11) is -2.44. The third-order valence-corrected chi connectivity index (χ3v) is 3.18. The fourth-order valence-corrected chi connectivity index (χ4v) is 1.90. The van der Waals surface area contributed by atoms with Gasteiger partial charge >= 0.3 is 0 Å². The molecule has 0 fully saturated rings. The first-order valence-corrected chi connectivity index (χ1v) is 6.87. The third kappa shape index (κ3) is 4.28. The number of benzene rings is 1. The number of ether oxygens (including phenoxy) is 1. The molecule has 0 unspecified atom stereocenters. The van der Waals surface area contributed by atoms with Crippen LogP contribution in [0.4, 0.5) is 5.69 Å². The minimum Gasteiger partial charge on any atom is -0.495 e. The van der Waals surface area contributed by atoms with Gasteiger partial charge in [0.1, 0.15) is 5.75 Å². The first-order chi connectivity index (χ1) is 8.88. The highest BCUT2D eigenvalue weighted by atomic mass is 32.2. The van der Waals surface area contributed by atoms with Crippen molar-refractivity contribution in [2.75, 3.05) is 12.4 Å². The minimum absolute atomic E-state index is 0.111. The first-order valence-electron chi connectivity index (χ1n) is 5.32. The summed E-state index contributed by atoms with van der Waals surface area (Å²) in [6.45, 7) is 0. The summed E-state index contributed by atoms with van der Waals surface area (Å²) in [6, 6.07) is 3.95. The monoisotopic (exact) mass is 282 g/mol. The van der Waals surface area contributed by atoms with E-state index in [0.717, 1.165) is 0 Å². The number of hydrogen-bond donors (Lipinski definition) is 2. The number of primary sulfonamides is 1. The number of carbonyl (C=O) groups excluding carboxylic acids is 1. The zero-order chi connectivity index (χ0) is 14.5. The normalized spacial score (nSPS) is 10.6. The van der Waals surface area contributed by atoms with Crippen molar-refractivity contribution in [1.29, 1.82) is 0 Å². The summed E-state index contributed by atoms with van der Waals surface area (Å²) in [5, 5.41) is 7.55. The van der Waals surface area contributed by atoms with Crippen LogP contribution in [0.15, 0.2) is 23.1 Å². The average Bonchev–Trinajstić information content (AvgIpc) is 2.35. The molecule has 0 atom stereocenters. The van der Waals surface area contributed by atoms with Crippen LogP contribution < -0.4 is 15.2 Å². The van der Waals surface area contributed by atoms with Gasteiger partial charge in [-0.05, 0) is 18.2 Å². The van der Waals surface area contributed by atoms with E-state index in [0.29, 0.717) is 12.2 Å². The summed E-state index contributed by atoms with van der Waals surface area (Å²) in [5.74, 6) is 2.34. The molecule has 0 aromatic heterocycles. The Morgan fingerprint density at radius 1 is 1.53 bits per heavy atom. The van der Waals surface area contributed by atoms with Gasteiger partial charge in [-0.2, -0.15) is 0 Å². The first kappa shape index (κ1) is 15.0. The maximum absolute atomic E-state index is 11.6. The van der Waals surface area contributed by atoms with Crippen LogP contribution in [0.5, 0.6) is 5.75 Å². The topological polar surface area (TPSA) is 98.5 Å².